The zero-order valence-corrected chi connectivity index (χ0v) is 11.7. The lowest BCUT2D eigenvalue weighted by molar-refractivity contribution is -0.308. The summed E-state index contributed by atoms with van der Waals surface area (Å²) in [5.41, 5.74) is -1.06. The summed E-state index contributed by atoms with van der Waals surface area (Å²) in [7, 11) is 3.27. The quantitative estimate of drug-likeness (QED) is 0.640. The molecule has 0 aromatic rings. The Morgan fingerprint density at radius 1 is 0.941 bits per heavy atom. The number of nitrogens with zero attached hydrogens (tertiary/aromatic N) is 3. The van der Waals surface area contributed by atoms with Crippen molar-refractivity contribution in [2.45, 2.75) is 45.7 Å². The van der Waals surface area contributed by atoms with Gasteiger partial charge in [-0.25, -0.2) is 4.79 Å². The van der Waals surface area contributed by atoms with Crippen LogP contribution in [0.3, 0.4) is 0 Å². The molecule has 2 saturated heterocycles. The predicted molar refractivity (Wildman–Crippen MR) is 64.0 cm³/mol. The summed E-state index contributed by atoms with van der Waals surface area (Å²) in [5, 5.41) is 3.47. The Hall–Kier alpha value is -1.10. The minimum Gasteiger partial charge on any atom is -0.272 e. The number of carbonyl (C=O) groups is 2. The smallest absolute Gasteiger partial charge is 0.272 e. The summed E-state index contributed by atoms with van der Waals surface area (Å²) in [6.45, 7) is 10.2. The largest absolute Gasteiger partial charge is 0.340 e. The molecule has 17 heavy (non-hydrogen) atoms. The molecule has 0 saturated carbocycles. The Morgan fingerprint density at radius 2 is 1.41 bits per heavy atom. The molecule has 96 valence electrons. The van der Waals surface area contributed by atoms with Crippen LogP contribution in [0.25, 0.3) is 0 Å². The van der Waals surface area contributed by atoms with Crippen LogP contribution >= 0.6 is 0 Å². The van der Waals surface area contributed by atoms with E-state index in [9.17, 15) is 9.59 Å². The van der Waals surface area contributed by atoms with Crippen molar-refractivity contribution >= 4 is 11.9 Å². The first-order chi connectivity index (χ1) is 7.51. The van der Waals surface area contributed by atoms with Crippen molar-refractivity contribution in [3.63, 3.8) is 0 Å². The molecule has 2 aliphatic heterocycles. The maximum Gasteiger partial charge on any atom is 0.340 e. The molecule has 5 nitrogen and oxygen atoms in total. The van der Waals surface area contributed by atoms with Gasteiger partial charge >= 0.3 is 6.03 Å². The molecule has 2 aliphatic rings. The number of carbonyl (C=O) groups excluding carboxylic acids is 2. The van der Waals surface area contributed by atoms with E-state index in [1.807, 2.05) is 11.9 Å². The first-order valence-electron chi connectivity index (χ1n) is 5.87. The topological polar surface area (TPSA) is 43.9 Å². The van der Waals surface area contributed by atoms with Crippen LogP contribution < -0.4 is 0 Å². The second-order valence-electron chi connectivity index (χ2n) is 6.24. The van der Waals surface area contributed by atoms with Gasteiger partial charge in [-0.05, 0) is 20.8 Å². The number of urea groups is 1. The molecule has 1 atom stereocenters. The Balaban J connectivity index is 2.57. The minimum absolute atomic E-state index is 0.120. The van der Waals surface area contributed by atoms with Gasteiger partial charge in [0, 0.05) is 25.0 Å². The van der Waals surface area contributed by atoms with E-state index >= 15 is 0 Å². The van der Waals surface area contributed by atoms with Crippen molar-refractivity contribution in [2.75, 3.05) is 14.1 Å². The number of rotatable bonds is 0. The first-order valence-corrected chi connectivity index (χ1v) is 5.87. The van der Waals surface area contributed by atoms with Gasteiger partial charge in [0.05, 0.1) is 0 Å². The molecule has 0 radical (unpaired) electrons. The van der Waals surface area contributed by atoms with E-state index in [-0.39, 0.29) is 22.9 Å². The van der Waals surface area contributed by atoms with Gasteiger partial charge in [0.15, 0.2) is 0 Å². The summed E-state index contributed by atoms with van der Waals surface area (Å²) < 4.78 is 0. The van der Waals surface area contributed by atoms with Crippen LogP contribution in [0.15, 0.2) is 0 Å². The number of imide groups is 1. The normalized spacial score (nSPS) is 35.7. The van der Waals surface area contributed by atoms with Crippen molar-refractivity contribution < 1.29 is 9.59 Å². The highest BCUT2D eigenvalue weighted by molar-refractivity contribution is 6.02. The van der Waals surface area contributed by atoms with E-state index in [2.05, 4.69) is 27.7 Å². The predicted octanol–water partition coefficient (Wildman–Crippen LogP) is 1.30. The minimum atomic E-state index is -0.645. The molecule has 0 aliphatic carbocycles. The van der Waals surface area contributed by atoms with Crippen LogP contribution in [0.2, 0.25) is 0 Å². The van der Waals surface area contributed by atoms with E-state index in [1.54, 1.807) is 19.1 Å². The average molecular weight is 239 g/mol. The zero-order chi connectivity index (χ0) is 13.4. The number of hydrogen-bond acceptors (Lipinski definition) is 3. The van der Waals surface area contributed by atoms with Crippen LogP contribution in [0, 0.1) is 5.41 Å². The van der Waals surface area contributed by atoms with Gasteiger partial charge in [-0.1, -0.05) is 13.8 Å². The molecule has 2 fully saturated rings. The number of hydrazine groups is 1. The SMILES string of the molecule is CN1C(=O)N(C)N2C(C)(C)C(C)(C)C2(C)C1=O. The van der Waals surface area contributed by atoms with Gasteiger partial charge in [-0.15, -0.1) is 0 Å². The number of hydrogen-bond donors (Lipinski definition) is 0. The third-order valence-electron chi connectivity index (χ3n) is 5.28. The molecule has 0 aromatic carbocycles. The lowest BCUT2D eigenvalue weighted by Crippen LogP contribution is -2.91. The molecule has 3 amide bonds. The molecule has 0 aromatic heterocycles. The average Bonchev–Trinajstić information content (AvgIpc) is 2.23. The summed E-state index contributed by atoms with van der Waals surface area (Å²) in [6.07, 6.45) is 0. The lowest BCUT2D eigenvalue weighted by atomic mass is 9.52. The van der Waals surface area contributed by atoms with E-state index in [0.29, 0.717) is 0 Å². The van der Waals surface area contributed by atoms with Crippen LogP contribution in [0.1, 0.15) is 34.6 Å². The summed E-state index contributed by atoms with van der Waals surface area (Å²) in [6, 6.07) is -0.268. The van der Waals surface area contributed by atoms with Crippen LogP contribution in [0.4, 0.5) is 4.79 Å². The monoisotopic (exact) mass is 239 g/mol. The fourth-order valence-corrected chi connectivity index (χ4v) is 3.38. The molecule has 2 heterocycles. The lowest BCUT2D eigenvalue weighted by Gasteiger charge is -2.75. The maximum absolute atomic E-state index is 12.4. The molecular formula is C12H21N3O2. The number of likely N-dealkylation sites (N-methyl/N-ethyl adjacent to an activating group) is 1. The fourth-order valence-electron chi connectivity index (χ4n) is 3.38. The van der Waals surface area contributed by atoms with Crippen LogP contribution in [-0.4, -0.2) is 52.0 Å². The van der Waals surface area contributed by atoms with E-state index < -0.39 is 5.54 Å². The fraction of sp³-hybridized carbons (Fsp3) is 0.833. The Kier molecular flexibility index (Phi) is 2.06. The van der Waals surface area contributed by atoms with E-state index in [0.717, 1.165) is 0 Å². The van der Waals surface area contributed by atoms with Crippen molar-refractivity contribution in [3.8, 4) is 0 Å². The Bertz CT molecular complexity index is 416. The summed E-state index contributed by atoms with van der Waals surface area (Å²) in [5.74, 6) is -0.120. The second-order valence-corrected chi connectivity index (χ2v) is 6.24. The van der Waals surface area contributed by atoms with Crippen LogP contribution in [0.5, 0.6) is 0 Å². The van der Waals surface area contributed by atoms with E-state index in [4.69, 9.17) is 0 Å². The van der Waals surface area contributed by atoms with Gasteiger partial charge < -0.3 is 0 Å². The maximum atomic E-state index is 12.4. The van der Waals surface area contributed by atoms with Gasteiger partial charge in [0.2, 0.25) is 0 Å². The molecule has 2 rings (SSSR count). The zero-order valence-electron chi connectivity index (χ0n) is 11.7. The van der Waals surface area contributed by atoms with Crippen LogP contribution in [-0.2, 0) is 4.79 Å². The van der Waals surface area contributed by atoms with Gasteiger partial charge in [-0.3, -0.25) is 14.7 Å². The summed E-state index contributed by atoms with van der Waals surface area (Å²) >= 11 is 0. The number of fused-ring (bicyclic) bond motifs is 1. The molecule has 0 spiro atoms. The Labute approximate surface area is 102 Å². The third kappa shape index (κ3) is 0.957. The van der Waals surface area contributed by atoms with Gasteiger partial charge in [-0.2, -0.15) is 5.01 Å². The second kappa shape index (κ2) is 2.83. The first kappa shape index (κ1) is 12.4. The molecular weight excluding hydrogens is 218 g/mol. The highest BCUT2D eigenvalue weighted by Gasteiger charge is 2.76. The van der Waals surface area contributed by atoms with Crippen molar-refractivity contribution in [3.05, 3.63) is 0 Å². The number of amides is 3. The van der Waals surface area contributed by atoms with Crippen molar-refractivity contribution in [1.29, 1.82) is 0 Å². The van der Waals surface area contributed by atoms with Gasteiger partial charge in [0.1, 0.15) is 5.54 Å². The van der Waals surface area contributed by atoms with Crippen molar-refractivity contribution in [2.24, 2.45) is 5.41 Å². The Morgan fingerprint density at radius 3 is 1.88 bits per heavy atom. The summed E-state index contributed by atoms with van der Waals surface area (Å²) in [4.78, 5) is 25.6. The van der Waals surface area contributed by atoms with Crippen molar-refractivity contribution in [1.82, 2.24) is 14.9 Å². The standard InChI is InChI=1S/C12H21N3O2/c1-10(2)11(3,4)15-12(10,5)8(16)13(6)9(17)14(15)7/h1-7H3. The molecule has 0 N–H and O–H groups in total. The van der Waals surface area contributed by atoms with E-state index in [1.165, 1.54) is 4.90 Å². The molecule has 1 unspecified atom stereocenters. The highest BCUT2D eigenvalue weighted by atomic mass is 16.2. The third-order valence-corrected chi connectivity index (χ3v) is 5.28. The highest BCUT2D eigenvalue weighted by Crippen LogP contribution is 2.61. The molecule has 5 heteroatoms. The molecule has 0 bridgehead atoms. The van der Waals surface area contributed by atoms with Gasteiger partial charge in [0.25, 0.3) is 5.91 Å².